The molecule has 0 aromatic heterocycles. The minimum absolute atomic E-state index is 0.314. The fourth-order valence-electron chi connectivity index (χ4n) is 2.08. The molecule has 0 saturated heterocycles. The molecule has 0 aromatic rings. The number of unbranched alkanes of at least 4 members (excludes halogenated alkanes) is 4. The van der Waals surface area contributed by atoms with Gasteiger partial charge in [0.15, 0.2) is 0 Å². The van der Waals surface area contributed by atoms with Crippen LogP contribution in [0.1, 0.15) is 65.7 Å². The third-order valence-corrected chi connectivity index (χ3v) is 3.06. The van der Waals surface area contributed by atoms with E-state index < -0.39 is 0 Å². The van der Waals surface area contributed by atoms with Crippen molar-refractivity contribution in [2.45, 2.75) is 65.7 Å². The molecule has 3 heteroatoms. The van der Waals surface area contributed by atoms with E-state index in [2.05, 4.69) is 20.8 Å². The molecule has 2 N–H and O–H groups in total. The number of nitrogens with zero attached hydrogens (tertiary/aromatic N) is 1. The van der Waals surface area contributed by atoms with Gasteiger partial charge in [-0.05, 0) is 25.3 Å². The fourth-order valence-corrected chi connectivity index (χ4v) is 2.08. The first kappa shape index (κ1) is 17.4. The summed E-state index contributed by atoms with van der Waals surface area (Å²) in [6.07, 6.45) is 7.65. The van der Waals surface area contributed by atoms with Crippen LogP contribution in [-0.2, 0) is 4.79 Å². The van der Waals surface area contributed by atoms with Gasteiger partial charge in [-0.3, -0.25) is 4.79 Å². The smallest absolute Gasteiger partial charge is 0.222 e. The molecule has 0 unspecified atom stereocenters. The number of carbonyl (C=O) groups is 1. The highest BCUT2D eigenvalue weighted by molar-refractivity contribution is 5.76. The maximum Gasteiger partial charge on any atom is 0.222 e. The van der Waals surface area contributed by atoms with Crippen LogP contribution in [0.15, 0.2) is 0 Å². The normalized spacial score (nSPS) is 10.9. The Hall–Kier alpha value is -0.570. The molecule has 0 aliphatic heterocycles. The van der Waals surface area contributed by atoms with E-state index in [0.717, 1.165) is 25.9 Å². The van der Waals surface area contributed by atoms with Crippen LogP contribution in [0.25, 0.3) is 0 Å². The summed E-state index contributed by atoms with van der Waals surface area (Å²) < 4.78 is 0. The summed E-state index contributed by atoms with van der Waals surface area (Å²) in [5.74, 6) is 0.848. The molecule has 0 saturated carbocycles. The Morgan fingerprint density at radius 3 is 2.33 bits per heavy atom. The van der Waals surface area contributed by atoms with Gasteiger partial charge in [0.2, 0.25) is 5.91 Å². The summed E-state index contributed by atoms with van der Waals surface area (Å²) in [4.78, 5) is 14.1. The molecule has 0 spiro atoms. The second-order valence-electron chi connectivity index (χ2n) is 5.54. The van der Waals surface area contributed by atoms with Gasteiger partial charge in [-0.15, -0.1) is 0 Å². The molecule has 0 bridgehead atoms. The minimum atomic E-state index is 0.314. The van der Waals surface area contributed by atoms with E-state index in [0.29, 0.717) is 24.8 Å². The van der Waals surface area contributed by atoms with E-state index in [1.165, 1.54) is 25.7 Å². The highest BCUT2D eigenvalue weighted by Gasteiger charge is 2.13. The lowest BCUT2D eigenvalue weighted by Crippen LogP contribution is -2.35. The van der Waals surface area contributed by atoms with Crippen LogP contribution in [0.4, 0.5) is 0 Å². The monoisotopic (exact) mass is 256 g/mol. The molecule has 0 aliphatic rings. The Labute approximate surface area is 113 Å². The van der Waals surface area contributed by atoms with E-state index in [9.17, 15) is 4.79 Å². The Balaban J connectivity index is 3.88. The summed E-state index contributed by atoms with van der Waals surface area (Å²) in [6, 6.07) is 0. The summed E-state index contributed by atoms with van der Waals surface area (Å²) in [5.41, 5.74) is 5.52. The zero-order chi connectivity index (χ0) is 13.8. The number of rotatable bonds is 11. The van der Waals surface area contributed by atoms with Crippen LogP contribution >= 0.6 is 0 Å². The van der Waals surface area contributed by atoms with Crippen molar-refractivity contribution in [1.29, 1.82) is 0 Å². The molecular weight excluding hydrogens is 224 g/mol. The predicted molar refractivity (Wildman–Crippen MR) is 78.5 cm³/mol. The van der Waals surface area contributed by atoms with Crippen LogP contribution in [0.2, 0.25) is 0 Å². The van der Waals surface area contributed by atoms with Crippen LogP contribution in [-0.4, -0.2) is 30.4 Å². The van der Waals surface area contributed by atoms with Crippen molar-refractivity contribution in [3.05, 3.63) is 0 Å². The van der Waals surface area contributed by atoms with Crippen LogP contribution < -0.4 is 5.73 Å². The number of amides is 1. The van der Waals surface area contributed by atoms with Gasteiger partial charge in [0.05, 0.1) is 0 Å². The maximum absolute atomic E-state index is 12.1. The van der Waals surface area contributed by atoms with E-state index >= 15 is 0 Å². The molecule has 0 aromatic carbocycles. The third kappa shape index (κ3) is 9.46. The van der Waals surface area contributed by atoms with Crippen LogP contribution in [0.3, 0.4) is 0 Å². The molecule has 0 heterocycles. The standard InChI is InChI=1S/C15H32N2O/c1-4-5-6-7-8-10-15(18)17(12-9-11-16)13-14(2)3/h14H,4-13,16H2,1-3H3. The van der Waals surface area contributed by atoms with Crippen LogP contribution in [0, 0.1) is 5.92 Å². The van der Waals surface area contributed by atoms with E-state index in [-0.39, 0.29) is 0 Å². The lowest BCUT2D eigenvalue weighted by atomic mass is 10.1. The second kappa shape index (κ2) is 11.5. The van der Waals surface area contributed by atoms with Gasteiger partial charge in [0.25, 0.3) is 0 Å². The molecular formula is C15H32N2O. The van der Waals surface area contributed by atoms with Crippen molar-refractivity contribution in [3.8, 4) is 0 Å². The molecule has 0 radical (unpaired) electrons. The summed E-state index contributed by atoms with van der Waals surface area (Å²) in [7, 11) is 0. The minimum Gasteiger partial charge on any atom is -0.342 e. The van der Waals surface area contributed by atoms with Crippen molar-refractivity contribution >= 4 is 5.91 Å². The molecule has 1 amide bonds. The average Bonchev–Trinajstić information content (AvgIpc) is 2.33. The quantitative estimate of drug-likeness (QED) is 0.577. The molecule has 108 valence electrons. The van der Waals surface area contributed by atoms with Gasteiger partial charge in [0.1, 0.15) is 0 Å². The summed E-state index contributed by atoms with van der Waals surface area (Å²) in [6.45, 7) is 8.88. The zero-order valence-electron chi connectivity index (χ0n) is 12.6. The molecule has 3 nitrogen and oxygen atoms in total. The van der Waals surface area contributed by atoms with Gasteiger partial charge in [-0.2, -0.15) is 0 Å². The lowest BCUT2D eigenvalue weighted by molar-refractivity contribution is -0.131. The van der Waals surface area contributed by atoms with E-state index in [4.69, 9.17) is 5.73 Å². The highest BCUT2D eigenvalue weighted by atomic mass is 16.2. The summed E-state index contributed by atoms with van der Waals surface area (Å²) >= 11 is 0. The Bertz CT molecular complexity index is 205. The van der Waals surface area contributed by atoms with Gasteiger partial charge in [-0.1, -0.05) is 46.5 Å². The van der Waals surface area contributed by atoms with Gasteiger partial charge in [0, 0.05) is 19.5 Å². The Kier molecular flexibility index (Phi) is 11.2. The highest BCUT2D eigenvalue weighted by Crippen LogP contribution is 2.09. The molecule has 0 aliphatic carbocycles. The largest absolute Gasteiger partial charge is 0.342 e. The molecule has 0 rings (SSSR count). The Morgan fingerprint density at radius 2 is 1.78 bits per heavy atom. The third-order valence-electron chi connectivity index (χ3n) is 3.06. The number of hydrogen-bond acceptors (Lipinski definition) is 2. The van der Waals surface area contributed by atoms with Crippen LogP contribution in [0.5, 0.6) is 0 Å². The second-order valence-corrected chi connectivity index (χ2v) is 5.54. The van der Waals surface area contributed by atoms with Gasteiger partial charge >= 0.3 is 0 Å². The lowest BCUT2D eigenvalue weighted by Gasteiger charge is -2.24. The van der Waals surface area contributed by atoms with Crippen molar-refractivity contribution < 1.29 is 4.79 Å². The topological polar surface area (TPSA) is 46.3 Å². The molecule has 0 atom stereocenters. The number of carbonyl (C=O) groups excluding carboxylic acids is 1. The summed E-state index contributed by atoms with van der Waals surface area (Å²) in [5, 5.41) is 0. The first-order valence-corrected chi connectivity index (χ1v) is 7.59. The SMILES string of the molecule is CCCCCCCC(=O)N(CCCN)CC(C)C. The average molecular weight is 256 g/mol. The van der Waals surface area contributed by atoms with Crippen molar-refractivity contribution in [2.75, 3.05) is 19.6 Å². The number of nitrogens with two attached hydrogens (primary N) is 1. The van der Waals surface area contributed by atoms with Crippen molar-refractivity contribution in [2.24, 2.45) is 11.7 Å². The van der Waals surface area contributed by atoms with Gasteiger partial charge in [-0.25, -0.2) is 0 Å². The van der Waals surface area contributed by atoms with Crippen molar-refractivity contribution in [1.82, 2.24) is 4.90 Å². The predicted octanol–water partition coefficient (Wildman–Crippen LogP) is 3.18. The van der Waals surface area contributed by atoms with E-state index in [1.807, 2.05) is 4.90 Å². The molecule has 18 heavy (non-hydrogen) atoms. The first-order chi connectivity index (χ1) is 8.61. The maximum atomic E-state index is 12.1. The van der Waals surface area contributed by atoms with Crippen molar-refractivity contribution in [3.63, 3.8) is 0 Å². The fraction of sp³-hybridized carbons (Fsp3) is 0.933. The van der Waals surface area contributed by atoms with Gasteiger partial charge < -0.3 is 10.6 Å². The number of hydrogen-bond donors (Lipinski definition) is 1. The zero-order valence-corrected chi connectivity index (χ0v) is 12.6. The van der Waals surface area contributed by atoms with E-state index in [1.54, 1.807) is 0 Å². The first-order valence-electron chi connectivity index (χ1n) is 7.59. The Morgan fingerprint density at radius 1 is 1.11 bits per heavy atom. The molecule has 0 fully saturated rings.